The van der Waals surface area contributed by atoms with Crippen LogP contribution in [0.1, 0.15) is 11.1 Å². The average molecular weight is 871 g/mol. The van der Waals surface area contributed by atoms with Crippen molar-refractivity contribution in [1.29, 1.82) is 0 Å². The molecule has 4 heterocycles. The minimum absolute atomic E-state index is 0.0774. The van der Waals surface area contributed by atoms with Crippen molar-refractivity contribution >= 4 is 103 Å². The Morgan fingerprint density at radius 3 is 1.57 bits per heavy atom. The van der Waals surface area contributed by atoms with E-state index in [1.807, 2.05) is 12.2 Å². The topological polar surface area (TPSA) is 101 Å². The number of thioether (sulfide) groups is 2. The summed E-state index contributed by atoms with van der Waals surface area (Å²) in [5.41, 5.74) is 2.69. The standard InChI is InChI=1S/C20H14Cl2FN3O2S.C19H12Cl2FN3OS/c21-14-2-1-3-15(22)18(14)19-16-8-9-17(29-13-6-4-12(23)5-7-13)24-26(16)10-25(11-27)20(19)28;20-13-2-1-3-14(21)17(13)18-15-8-9-16(24-25(15)10-23-19(18)26)27-12-6-4-11(22)5-7-12/h1-9,27H,10-11H2;1-9H,10H2,(H,23,26). The van der Waals surface area contributed by atoms with E-state index in [9.17, 15) is 23.5 Å². The van der Waals surface area contributed by atoms with Gasteiger partial charge in [-0.05, 0) is 97.1 Å². The Labute approximate surface area is 348 Å². The molecular weight excluding hydrogens is 844 g/mol. The van der Waals surface area contributed by atoms with Crippen molar-refractivity contribution < 1.29 is 23.5 Å². The Bertz CT molecular complexity index is 2380. The number of nitrogens with zero attached hydrogens (tertiary/aromatic N) is 5. The van der Waals surface area contributed by atoms with E-state index in [0.717, 1.165) is 9.79 Å². The molecule has 0 radical (unpaired) electrons. The van der Waals surface area contributed by atoms with Crippen LogP contribution in [0, 0.1) is 11.6 Å². The average Bonchev–Trinajstić information content (AvgIpc) is 3.18. The van der Waals surface area contributed by atoms with Gasteiger partial charge < -0.3 is 10.4 Å². The summed E-state index contributed by atoms with van der Waals surface area (Å²) in [5.74, 6) is -1.24. The van der Waals surface area contributed by atoms with Crippen molar-refractivity contribution in [3.8, 4) is 0 Å². The quantitative estimate of drug-likeness (QED) is 0.206. The number of fused-ring (bicyclic) bond motifs is 2. The van der Waals surface area contributed by atoms with E-state index in [2.05, 4.69) is 15.5 Å². The molecule has 0 spiro atoms. The number of amides is 2. The normalized spacial score (nSPS) is 16.2. The second kappa shape index (κ2) is 17.3. The predicted molar refractivity (Wildman–Crippen MR) is 220 cm³/mol. The summed E-state index contributed by atoms with van der Waals surface area (Å²) >= 11 is 28.0. The molecule has 56 heavy (non-hydrogen) atoms. The van der Waals surface area contributed by atoms with Gasteiger partial charge in [0.15, 0.2) is 0 Å². The van der Waals surface area contributed by atoms with E-state index in [4.69, 9.17) is 46.4 Å². The number of aliphatic hydroxyl groups is 1. The van der Waals surface area contributed by atoms with Gasteiger partial charge in [-0.15, -0.1) is 0 Å². The lowest BCUT2D eigenvalue weighted by Crippen LogP contribution is -2.45. The van der Waals surface area contributed by atoms with Crippen LogP contribution >= 0.6 is 69.9 Å². The summed E-state index contributed by atoms with van der Waals surface area (Å²) in [4.78, 5) is 28.4. The van der Waals surface area contributed by atoms with Crippen molar-refractivity contribution in [3.63, 3.8) is 0 Å². The second-order valence-corrected chi connectivity index (χ2v) is 15.8. The van der Waals surface area contributed by atoms with E-state index >= 15 is 0 Å². The van der Waals surface area contributed by atoms with Gasteiger partial charge in [-0.2, -0.15) is 10.2 Å². The first-order valence-electron chi connectivity index (χ1n) is 16.5. The molecule has 2 amide bonds. The lowest BCUT2D eigenvalue weighted by atomic mass is 9.99. The summed E-state index contributed by atoms with van der Waals surface area (Å²) in [6.07, 6.45) is 7.16. The Balaban J connectivity index is 0.000000172. The monoisotopic (exact) mass is 868 g/mol. The van der Waals surface area contributed by atoms with Gasteiger partial charge in [0.1, 0.15) is 41.8 Å². The molecule has 0 saturated carbocycles. The van der Waals surface area contributed by atoms with Crippen LogP contribution in [-0.4, -0.2) is 62.0 Å². The lowest BCUT2D eigenvalue weighted by Gasteiger charge is -2.36. The molecular formula is C39H26Cl4F2N6O3S2. The van der Waals surface area contributed by atoms with Gasteiger partial charge in [0.25, 0.3) is 11.8 Å². The SMILES string of the molecule is O=C1C(c2c(Cl)cccc2Cl)=C2C=CC(Sc3ccc(F)cc3)=NN2CN1CO.O=C1NCN2N=C(Sc3ccc(F)cc3)C=CC2=C1c1c(Cl)cccc1Cl. The van der Waals surface area contributed by atoms with E-state index in [-0.39, 0.29) is 42.4 Å². The molecule has 0 aromatic heterocycles. The van der Waals surface area contributed by atoms with Crippen molar-refractivity contribution in [1.82, 2.24) is 20.2 Å². The molecule has 17 heteroatoms. The van der Waals surface area contributed by atoms with Gasteiger partial charge in [-0.25, -0.2) is 18.8 Å². The van der Waals surface area contributed by atoms with Crippen LogP contribution in [0.2, 0.25) is 20.1 Å². The molecule has 4 aromatic carbocycles. The van der Waals surface area contributed by atoms with Crippen LogP contribution < -0.4 is 5.32 Å². The highest BCUT2D eigenvalue weighted by Crippen LogP contribution is 2.40. The number of carbonyl (C=O) groups is 2. The minimum Gasteiger partial charge on any atom is -0.376 e. The summed E-state index contributed by atoms with van der Waals surface area (Å²) < 4.78 is 26.2. The molecule has 0 unspecified atom stereocenters. The van der Waals surface area contributed by atoms with Gasteiger partial charge in [-0.1, -0.05) is 82.1 Å². The number of benzene rings is 4. The van der Waals surface area contributed by atoms with Crippen LogP contribution in [0.5, 0.6) is 0 Å². The molecule has 0 atom stereocenters. The zero-order chi connectivity index (χ0) is 39.5. The number of allylic oxidation sites excluding steroid dienone is 2. The molecule has 4 aliphatic rings. The van der Waals surface area contributed by atoms with Gasteiger partial charge >= 0.3 is 0 Å². The first-order valence-corrected chi connectivity index (χ1v) is 19.7. The fourth-order valence-electron chi connectivity index (χ4n) is 5.80. The minimum atomic E-state index is -0.478. The van der Waals surface area contributed by atoms with Crippen LogP contribution in [-0.2, 0) is 9.59 Å². The van der Waals surface area contributed by atoms with Gasteiger partial charge in [0.05, 0.1) is 42.6 Å². The maximum atomic E-state index is 13.1. The summed E-state index contributed by atoms with van der Waals surface area (Å²) in [5, 5.41) is 27.7. The summed E-state index contributed by atoms with van der Waals surface area (Å²) in [6, 6.07) is 22.4. The van der Waals surface area contributed by atoms with Crippen molar-refractivity contribution in [2.45, 2.75) is 9.79 Å². The fraction of sp³-hybridized carbons (Fsp3) is 0.0769. The molecule has 0 fully saturated rings. The second-order valence-electron chi connectivity index (χ2n) is 12.0. The number of halogens is 6. The zero-order valence-electron chi connectivity index (χ0n) is 28.6. The lowest BCUT2D eigenvalue weighted by molar-refractivity contribution is -0.132. The number of hydrazone groups is 2. The third-order valence-corrected chi connectivity index (χ3v) is 11.5. The smallest absolute Gasteiger partial charge is 0.260 e. The highest BCUT2D eigenvalue weighted by Gasteiger charge is 2.35. The van der Waals surface area contributed by atoms with Crippen molar-refractivity contribution in [2.24, 2.45) is 10.2 Å². The molecule has 0 bridgehead atoms. The predicted octanol–water partition coefficient (Wildman–Crippen LogP) is 9.48. The highest BCUT2D eigenvalue weighted by molar-refractivity contribution is 8.14. The molecule has 0 saturated heterocycles. The maximum absolute atomic E-state index is 13.1. The van der Waals surface area contributed by atoms with E-state index < -0.39 is 6.73 Å². The first-order chi connectivity index (χ1) is 27.0. The van der Waals surface area contributed by atoms with Gasteiger partial charge in [0.2, 0.25) is 0 Å². The van der Waals surface area contributed by atoms with Gasteiger partial charge in [-0.3, -0.25) is 14.5 Å². The molecule has 4 aliphatic heterocycles. The zero-order valence-corrected chi connectivity index (χ0v) is 33.3. The number of hydrogen-bond donors (Lipinski definition) is 2. The Morgan fingerprint density at radius 2 is 1.09 bits per heavy atom. The summed E-state index contributed by atoms with van der Waals surface area (Å²) in [6.45, 7) is -0.167. The number of aliphatic hydroxyl groups excluding tert-OH is 1. The van der Waals surface area contributed by atoms with Crippen LogP contribution in [0.15, 0.2) is 141 Å². The first kappa shape index (κ1) is 39.6. The molecule has 2 N–H and O–H groups in total. The Hall–Kier alpha value is -4.60. The highest BCUT2D eigenvalue weighted by atomic mass is 35.5. The third-order valence-electron chi connectivity index (χ3n) is 8.37. The van der Waals surface area contributed by atoms with Crippen LogP contribution in [0.4, 0.5) is 8.78 Å². The molecule has 0 aliphatic carbocycles. The van der Waals surface area contributed by atoms with E-state index in [1.165, 1.54) is 52.7 Å². The van der Waals surface area contributed by atoms with Crippen LogP contribution in [0.3, 0.4) is 0 Å². The number of rotatable bonds is 5. The van der Waals surface area contributed by atoms with E-state index in [1.54, 1.807) is 82.8 Å². The van der Waals surface area contributed by atoms with Gasteiger partial charge in [0, 0.05) is 20.9 Å². The number of carbonyl (C=O) groups excluding carboxylic acids is 2. The maximum Gasteiger partial charge on any atom is 0.260 e. The fourth-order valence-corrected chi connectivity index (χ4v) is 8.55. The molecule has 284 valence electrons. The molecule has 8 rings (SSSR count). The Morgan fingerprint density at radius 1 is 0.643 bits per heavy atom. The largest absolute Gasteiger partial charge is 0.376 e. The molecule has 4 aromatic rings. The van der Waals surface area contributed by atoms with E-state index in [0.29, 0.717) is 58.3 Å². The van der Waals surface area contributed by atoms with Crippen molar-refractivity contribution in [2.75, 3.05) is 20.1 Å². The Kier molecular flexibility index (Phi) is 12.2. The summed E-state index contributed by atoms with van der Waals surface area (Å²) in [7, 11) is 0. The van der Waals surface area contributed by atoms with Crippen LogP contribution in [0.25, 0.3) is 11.1 Å². The molecule has 9 nitrogen and oxygen atoms in total. The number of hydrogen-bond acceptors (Lipinski definition) is 9. The van der Waals surface area contributed by atoms with Crippen molar-refractivity contribution in [3.05, 3.63) is 163 Å². The third kappa shape index (κ3) is 8.54. The number of nitrogens with one attached hydrogen (secondary N) is 1.